The number of halogens is 3. The summed E-state index contributed by atoms with van der Waals surface area (Å²) in [6.07, 6.45) is -4.13. The van der Waals surface area contributed by atoms with E-state index in [9.17, 15) is 18.0 Å². The minimum atomic E-state index is -4.81. The zero-order valence-corrected chi connectivity index (χ0v) is 12.6. The third kappa shape index (κ3) is 3.62. The number of nitrogens with one attached hydrogen (secondary N) is 1. The van der Waals surface area contributed by atoms with Crippen molar-refractivity contribution in [3.8, 4) is 0 Å². The number of H-pyrrole nitrogens is 1. The molecule has 128 valence electrons. The number of nitrogen functional groups attached to an aromatic ring is 1. The average molecular weight is 342 g/mol. The molecular formula is C13H13F3N6O2. The van der Waals surface area contributed by atoms with Crippen molar-refractivity contribution < 1.29 is 23.1 Å². The maximum Gasteiger partial charge on any atom is 0.434 e. The summed E-state index contributed by atoms with van der Waals surface area (Å²) in [5.74, 6) is -1.14. The number of aromatic nitrogens is 5. The highest BCUT2D eigenvalue weighted by atomic mass is 19.4. The first-order valence-corrected chi connectivity index (χ1v) is 6.53. The Bertz CT molecular complexity index is 867. The van der Waals surface area contributed by atoms with Gasteiger partial charge in [0.25, 0.3) is 0 Å². The van der Waals surface area contributed by atoms with Crippen LogP contribution in [0.5, 0.6) is 0 Å². The number of hydrogen-bond donors (Lipinski definition) is 3. The van der Waals surface area contributed by atoms with Crippen molar-refractivity contribution in [1.82, 2.24) is 24.8 Å². The monoisotopic (exact) mass is 342 g/mol. The standard InChI is InChI=1S/C9H6F3N3O2.C4H7N3/c1-4-2-6-13-3-5(8(16)17)7(9(10,11)12)15(6)14-4;1-3-2-4(5)7-6-3/h2-3H,1H3,(H,16,17);2H,1H3,(H3,5,6,7). The fourth-order valence-corrected chi connectivity index (χ4v) is 1.92. The van der Waals surface area contributed by atoms with Crippen LogP contribution in [0.25, 0.3) is 5.65 Å². The number of carbonyl (C=O) groups is 1. The van der Waals surface area contributed by atoms with Gasteiger partial charge >= 0.3 is 12.1 Å². The molecule has 0 atom stereocenters. The maximum absolute atomic E-state index is 12.8. The molecule has 0 aliphatic rings. The number of aryl methyl sites for hydroxylation is 2. The summed E-state index contributed by atoms with van der Waals surface area (Å²) in [6, 6.07) is 3.11. The van der Waals surface area contributed by atoms with Crippen molar-refractivity contribution >= 4 is 17.4 Å². The number of rotatable bonds is 1. The highest BCUT2D eigenvalue weighted by molar-refractivity contribution is 5.89. The minimum absolute atomic E-state index is 0.0418. The fraction of sp³-hybridized carbons (Fsp3) is 0.231. The summed E-state index contributed by atoms with van der Waals surface area (Å²) < 4.78 is 38.9. The van der Waals surface area contributed by atoms with Gasteiger partial charge in [0.05, 0.1) is 5.69 Å². The number of nitrogens with two attached hydrogens (primary N) is 1. The number of nitrogens with zero attached hydrogens (tertiary/aromatic N) is 4. The maximum atomic E-state index is 12.8. The lowest BCUT2D eigenvalue weighted by atomic mass is 10.2. The zero-order chi connectivity index (χ0) is 18.1. The van der Waals surface area contributed by atoms with E-state index >= 15 is 0 Å². The van der Waals surface area contributed by atoms with E-state index in [1.807, 2.05) is 6.92 Å². The Morgan fingerprint density at radius 3 is 2.42 bits per heavy atom. The Labute approximate surface area is 133 Å². The quantitative estimate of drug-likeness (QED) is 0.622. The van der Waals surface area contributed by atoms with Gasteiger partial charge in [-0.25, -0.2) is 14.3 Å². The second-order valence-corrected chi connectivity index (χ2v) is 4.85. The van der Waals surface area contributed by atoms with Gasteiger partial charge in [0.1, 0.15) is 11.4 Å². The van der Waals surface area contributed by atoms with Gasteiger partial charge < -0.3 is 10.8 Å². The van der Waals surface area contributed by atoms with Gasteiger partial charge in [0.2, 0.25) is 0 Å². The van der Waals surface area contributed by atoms with Crippen LogP contribution >= 0.6 is 0 Å². The number of carboxylic acids is 1. The zero-order valence-electron chi connectivity index (χ0n) is 12.6. The van der Waals surface area contributed by atoms with Crippen molar-refractivity contribution in [1.29, 1.82) is 0 Å². The van der Waals surface area contributed by atoms with E-state index in [1.165, 1.54) is 13.0 Å². The van der Waals surface area contributed by atoms with E-state index in [2.05, 4.69) is 20.3 Å². The molecular weight excluding hydrogens is 329 g/mol. The molecule has 0 spiro atoms. The fourth-order valence-electron chi connectivity index (χ4n) is 1.92. The molecule has 0 saturated carbocycles. The number of alkyl halides is 3. The smallest absolute Gasteiger partial charge is 0.434 e. The second kappa shape index (κ2) is 6.18. The molecule has 0 saturated heterocycles. The van der Waals surface area contributed by atoms with Crippen LogP contribution in [0.3, 0.4) is 0 Å². The third-order valence-electron chi connectivity index (χ3n) is 2.83. The third-order valence-corrected chi connectivity index (χ3v) is 2.83. The highest BCUT2D eigenvalue weighted by Gasteiger charge is 2.39. The first-order valence-electron chi connectivity index (χ1n) is 6.53. The molecule has 0 fully saturated rings. The topological polar surface area (TPSA) is 122 Å². The molecule has 0 amide bonds. The Morgan fingerprint density at radius 1 is 1.33 bits per heavy atom. The molecule has 3 aromatic heterocycles. The van der Waals surface area contributed by atoms with Gasteiger partial charge in [0.15, 0.2) is 11.3 Å². The predicted octanol–water partition coefficient (Wildman–Crippen LogP) is 2.06. The van der Waals surface area contributed by atoms with E-state index in [-0.39, 0.29) is 5.65 Å². The Morgan fingerprint density at radius 2 is 2.00 bits per heavy atom. The lowest BCUT2D eigenvalue weighted by Gasteiger charge is -2.11. The normalized spacial score (nSPS) is 11.2. The van der Waals surface area contributed by atoms with Crippen LogP contribution in [0.15, 0.2) is 18.3 Å². The number of fused-ring (bicyclic) bond motifs is 1. The van der Waals surface area contributed by atoms with E-state index in [0.717, 1.165) is 5.69 Å². The highest BCUT2D eigenvalue weighted by Crippen LogP contribution is 2.32. The van der Waals surface area contributed by atoms with E-state index in [4.69, 9.17) is 10.8 Å². The van der Waals surface area contributed by atoms with Crippen LogP contribution < -0.4 is 5.73 Å². The summed E-state index contributed by atoms with van der Waals surface area (Å²) in [4.78, 5) is 14.4. The van der Waals surface area contributed by atoms with E-state index in [1.54, 1.807) is 6.07 Å². The first-order chi connectivity index (χ1) is 11.1. The molecule has 11 heteroatoms. The summed E-state index contributed by atoms with van der Waals surface area (Å²) >= 11 is 0. The molecule has 3 heterocycles. The number of carboxylic acid groups (broad SMARTS) is 1. The van der Waals surface area contributed by atoms with Crippen molar-refractivity contribution in [2.75, 3.05) is 5.73 Å². The molecule has 0 aliphatic heterocycles. The molecule has 0 aromatic carbocycles. The van der Waals surface area contributed by atoms with Crippen molar-refractivity contribution in [3.05, 3.63) is 41.0 Å². The Balaban J connectivity index is 0.000000249. The lowest BCUT2D eigenvalue weighted by molar-refractivity contribution is -0.143. The minimum Gasteiger partial charge on any atom is -0.478 e. The molecule has 8 nitrogen and oxygen atoms in total. The Kier molecular flexibility index (Phi) is 4.44. The van der Waals surface area contributed by atoms with Gasteiger partial charge in [-0.2, -0.15) is 23.4 Å². The number of aromatic amines is 1. The van der Waals surface area contributed by atoms with Crippen LogP contribution in [-0.2, 0) is 6.18 Å². The summed E-state index contributed by atoms with van der Waals surface area (Å²) in [6.45, 7) is 3.40. The summed E-state index contributed by atoms with van der Waals surface area (Å²) in [7, 11) is 0. The van der Waals surface area contributed by atoms with Crippen molar-refractivity contribution in [3.63, 3.8) is 0 Å². The molecule has 0 aliphatic carbocycles. The average Bonchev–Trinajstić information content (AvgIpc) is 3.00. The summed E-state index contributed by atoms with van der Waals surface area (Å²) in [5.41, 5.74) is 4.26. The van der Waals surface area contributed by atoms with Crippen LogP contribution in [0, 0.1) is 13.8 Å². The molecule has 3 aromatic rings. The molecule has 4 N–H and O–H groups in total. The Hall–Kier alpha value is -3.11. The van der Waals surface area contributed by atoms with Crippen LogP contribution in [0.2, 0.25) is 0 Å². The van der Waals surface area contributed by atoms with Gasteiger partial charge in [-0.05, 0) is 13.8 Å². The molecule has 3 rings (SSSR count). The van der Waals surface area contributed by atoms with Gasteiger partial charge in [0, 0.05) is 24.0 Å². The van der Waals surface area contributed by atoms with Gasteiger partial charge in [-0.15, -0.1) is 0 Å². The van der Waals surface area contributed by atoms with E-state index in [0.29, 0.717) is 22.2 Å². The van der Waals surface area contributed by atoms with Crippen molar-refractivity contribution in [2.24, 2.45) is 0 Å². The molecule has 0 unspecified atom stereocenters. The molecule has 0 radical (unpaired) electrons. The van der Waals surface area contributed by atoms with Crippen LogP contribution in [0.4, 0.5) is 19.0 Å². The van der Waals surface area contributed by atoms with Gasteiger partial charge in [-0.3, -0.25) is 5.10 Å². The first kappa shape index (κ1) is 17.2. The number of hydrogen-bond acceptors (Lipinski definition) is 5. The summed E-state index contributed by atoms with van der Waals surface area (Å²) in [5, 5.41) is 18.7. The molecule has 24 heavy (non-hydrogen) atoms. The van der Waals surface area contributed by atoms with Crippen molar-refractivity contribution in [2.45, 2.75) is 20.0 Å². The molecule has 0 bridgehead atoms. The SMILES string of the molecule is Cc1cc(N)n[nH]1.Cc1cc2ncc(C(=O)O)c(C(F)(F)F)n2n1. The van der Waals surface area contributed by atoms with Gasteiger partial charge in [-0.1, -0.05) is 0 Å². The lowest BCUT2D eigenvalue weighted by Crippen LogP contribution is -2.19. The number of anilines is 1. The predicted molar refractivity (Wildman–Crippen MR) is 77.4 cm³/mol. The number of aromatic carboxylic acids is 1. The van der Waals surface area contributed by atoms with Crippen LogP contribution in [-0.4, -0.2) is 35.9 Å². The van der Waals surface area contributed by atoms with Crippen LogP contribution in [0.1, 0.15) is 27.4 Å². The van der Waals surface area contributed by atoms with E-state index < -0.39 is 23.4 Å². The second-order valence-electron chi connectivity index (χ2n) is 4.85. The largest absolute Gasteiger partial charge is 0.478 e.